The molecule has 1 fully saturated rings. The fourth-order valence-corrected chi connectivity index (χ4v) is 5.20. The summed E-state index contributed by atoms with van der Waals surface area (Å²) in [6.45, 7) is 0.697. The average Bonchev–Trinajstić information content (AvgIpc) is 3.35. The first-order valence-electron chi connectivity index (χ1n) is 10.9. The summed E-state index contributed by atoms with van der Waals surface area (Å²) in [6, 6.07) is 9.91. The zero-order valence-electron chi connectivity index (χ0n) is 18.2. The topological polar surface area (TPSA) is 105 Å². The molecule has 2 aromatic carbocycles. The number of imidazole rings is 1. The van der Waals surface area contributed by atoms with Gasteiger partial charge in [0, 0.05) is 36.0 Å². The number of hydrogen-bond acceptors (Lipinski definition) is 5. The zero-order chi connectivity index (χ0) is 23.2. The number of nitrogens with zero attached hydrogens (tertiary/aromatic N) is 2. The van der Waals surface area contributed by atoms with E-state index in [-0.39, 0.29) is 5.82 Å². The van der Waals surface area contributed by atoms with Crippen molar-refractivity contribution in [1.29, 1.82) is 0 Å². The summed E-state index contributed by atoms with van der Waals surface area (Å²) in [5.74, 6) is 1.13. The van der Waals surface area contributed by atoms with Crippen LogP contribution in [0.1, 0.15) is 30.7 Å². The number of nitrogens with one attached hydrogen (secondary N) is 1. The standard InChI is InChI=1S/C24H25FN4O3S/c1-33(30,31)29(12-2-9-26)20-14-21-19(13-18(20)15-3-4-15)22(24-27-10-11-28-24)23(32-21)16-5-7-17(25)8-6-16/h5-8,10-11,13-15H,2-4,9,12,26H2,1H3,(H,27,28). The Bertz CT molecular complexity index is 1390. The maximum atomic E-state index is 13.6. The van der Waals surface area contributed by atoms with Gasteiger partial charge in [0.2, 0.25) is 10.0 Å². The van der Waals surface area contributed by atoms with Gasteiger partial charge in [0.25, 0.3) is 0 Å². The van der Waals surface area contributed by atoms with Crippen molar-refractivity contribution in [3.8, 4) is 22.7 Å². The minimum absolute atomic E-state index is 0.292. The molecule has 0 atom stereocenters. The van der Waals surface area contributed by atoms with Crippen molar-refractivity contribution in [3.05, 3.63) is 60.2 Å². The highest BCUT2D eigenvalue weighted by Crippen LogP contribution is 2.49. The van der Waals surface area contributed by atoms with Crippen molar-refractivity contribution in [2.75, 3.05) is 23.7 Å². The molecule has 0 saturated heterocycles. The van der Waals surface area contributed by atoms with Gasteiger partial charge in [-0.05, 0) is 67.6 Å². The van der Waals surface area contributed by atoms with Crippen molar-refractivity contribution >= 4 is 26.7 Å². The number of aromatic amines is 1. The molecule has 9 heteroatoms. The largest absolute Gasteiger partial charge is 0.455 e. The molecule has 0 amide bonds. The number of furan rings is 1. The molecule has 172 valence electrons. The van der Waals surface area contributed by atoms with Crippen molar-refractivity contribution in [1.82, 2.24) is 9.97 Å². The molecular formula is C24H25FN4O3S. The summed E-state index contributed by atoms with van der Waals surface area (Å²) < 4.78 is 46.6. The van der Waals surface area contributed by atoms with Crippen LogP contribution in [0.25, 0.3) is 33.7 Å². The highest BCUT2D eigenvalue weighted by Gasteiger charge is 2.32. The highest BCUT2D eigenvalue weighted by atomic mass is 32.2. The molecule has 0 spiro atoms. The second-order valence-corrected chi connectivity index (χ2v) is 10.3. The van der Waals surface area contributed by atoms with Gasteiger partial charge in [-0.3, -0.25) is 4.31 Å². The summed E-state index contributed by atoms with van der Waals surface area (Å²) in [5, 5.41) is 0.835. The number of benzene rings is 2. The number of rotatable bonds is 8. The smallest absolute Gasteiger partial charge is 0.232 e. The molecule has 2 heterocycles. The van der Waals surface area contributed by atoms with E-state index in [9.17, 15) is 12.8 Å². The van der Waals surface area contributed by atoms with Crippen LogP contribution in [0, 0.1) is 5.82 Å². The number of hydrogen-bond donors (Lipinski definition) is 2. The van der Waals surface area contributed by atoms with Gasteiger partial charge >= 0.3 is 0 Å². The maximum Gasteiger partial charge on any atom is 0.232 e. The molecule has 2 aromatic heterocycles. The van der Waals surface area contributed by atoms with Gasteiger partial charge in [-0.1, -0.05) is 0 Å². The van der Waals surface area contributed by atoms with Crippen LogP contribution in [0.4, 0.5) is 10.1 Å². The molecule has 4 aromatic rings. The number of anilines is 1. The number of aromatic nitrogens is 2. The molecular weight excluding hydrogens is 443 g/mol. The third kappa shape index (κ3) is 4.14. The lowest BCUT2D eigenvalue weighted by Gasteiger charge is -2.25. The number of sulfonamides is 1. The van der Waals surface area contributed by atoms with Gasteiger partial charge in [-0.25, -0.2) is 17.8 Å². The predicted octanol–water partition coefficient (Wildman–Crippen LogP) is 4.62. The summed E-state index contributed by atoms with van der Waals surface area (Å²) in [5.41, 5.74) is 9.30. The average molecular weight is 469 g/mol. The number of nitrogens with two attached hydrogens (primary N) is 1. The van der Waals surface area contributed by atoms with Gasteiger partial charge in [-0.2, -0.15) is 0 Å². The fourth-order valence-electron chi connectivity index (χ4n) is 4.23. The number of fused-ring (bicyclic) bond motifs is 1. The van der Waals surface area contributed by atoms with Gasteiger partial charge in [0.05, 0.1) is 17.5 Å². The van der Waals surface area contributed by atoms with E-state index in [0.29, 0.717) is 53.8 Å². The monoisotopic (exact) mass is 468 g/mol. The van der Waals surface area contributed by atoms with Crippen LogP contribution in [0.3, 0.4) is 0 Å². The molecule has 0 aliphatic heterocycles. The maximum absolute atomic E-state index is 13.6. The molecule has 1 aliphatic carbocycles. The third-order valence-electron chi connectivity index (χ3n) is 5.93. The Balaban J connectivity index is 1.77. The molecule has 0 radical (unpaired) electrons. The molecule has 1 aliphatic rings. The molecule has 0 bridgehead atoms. The van der Waals surface area contributed by atoms with Crippen molar-refractivity contribution < 1.29 is 17.2 Å². The Labute approximate surface area is 191 Å². The van der Waals surface area contributed by atoms with E-state index in [4.69, 9.17) is 10.2 Å². The third-order valence-corrected chi connectivity index (χ3v) is 7.11. The Morgan fingerprint density at radius 3 is 2.61 bits per heavy atom. The van der Waals surface area contributed by atoms with Crippen LogP contribution in [0.5, 0.6) is 0 Å². The van der Waals surface area contributed by atoms with Gasteiger partial charge < -0.3 is 15.1 Å². The Hall–Kier alpha value is -3.17. The Kier molecular flexibility index (Phi) is 5.46. The summed E-state index contributed by atoms with van der Waals surface area (Å²) >= 11 is 0. The second-order valence-electron chi connectivity index (χ2n) is 8.41. The highest BCUT2D eigenvalue weighted by molar-refractivity contribution is 7.92. The number of halogens is 1. The van der Waals surface area contributed by atoms with Crippen LogP contribution in [0.2, 0.25) is 0 Å². The predicted molar refractivity (Wildman–Crippen MR) is 127 cm³/mol. The summed E-state index contributed by atoms with van der Waals surface area (Å²) in [4.78, 5) is 7.57. The van der Waals surface area contributed by atoms with E-state index in [1.54, 1.807) is 30.6 Å². The van der Waals surface area contributed by atoms with Crippen LogP contribution in [0.15, 0.2) is 53.2 Å². The lowest BCUT2D eigenvalue weighted by Crippen LogP contribution is -2.32. The molecule has 7 nitrogen and oxygen atoms in total. The summed E-state index contributed by atoms with van der Waals surface area (Å²) in [7, 11) is -3.51. The number of H-pyrrole nitrogens is 1. The van der Waals surface area contributed by atoms with Crippen LogP contribution in [-0.2, 0) is 10.0 Å². The van der Waals surface area contributed by atoms with E-state index >= 15 is 0 Å². The summed E-state index contributed by atoms with van der Waals surface area (Å²) in [6.07, 6.45) is 7.17. The first-order valence-corrected chi connectivity index (χ1v) is 12.8. The normalized spacial score (nSPS) is 14.2. The zero-order valence-corrected chi connectivity index (χ0v) is 19.0. The van der Waals surface area contributed by atoms with Crippen molar-refractivity contribution in [3.63, 3.8) is 0 Å². The second kappa shape index (κ2) is 8.31. The first kappa shape index (κ1) is 21.7. The minimum atomic E-state index is -3.51. The quantitative estimate of drug-likeness (QED) is 0.393. The SMILES string of the molecule is CS(=O)(=O)N(CCCN)c1cc2oc(-c3ccc(F)cc3)c(-c3ncc[nH]3)c2cc1C1CC1. The first-order chi connectivity index (χ1) is 15.9. The molecule has 0 unspecified atom stereocenters. The van der Waals surface area contributed by atoms with E-state index in [0.717, 1.165) is 29.4 Å². The lowest BCUT2D eigenvalue weighted by atomic mass is 10.0. The minimum Gasteiger partial charge on any atom is -0.455 e. The van der Waals surface area contributed by atoms with E-state index in [1.807, 2.05) is 6.07 Å². The van der Waals surface area contributed by atoms with E-state index in [2.05, 4.69) is 9.97 Å². The van der Waals surface area contributed by atoms with Gasteiger partial charge in [0.1, 0.15) is 23.0 Å². The van der Waals surface area contributed by atoms with E-state index < -0.39 is 10.0 Å². The lowest BCUT2D eigenvalue weighted by molar-refractivity contribution is 0.595. The molecule has 33 heavy (non-hydrogen) atoms. The van der Waals surface area contributed by atoms with Crippen LogP contribution < -0.4 is 10.0 Å². The fraction of sp³-hybridized carbons (Fsp3) is 0.292. The van der Waals surface area contributed by atoms with Crippen molar-refractivity contribution in [2.24, 2.45) is 5.73 Å². The van der Waals surface area contributed by atoms with E-state index in [1.165, 1.54) is 22.7 Å². The van der Waals surface area contributed by atoms with Crippen molar-refractivity contribution in [2.45, 2.75) is 25.2 Å². The molecule has 5 rings (SSSR count). The Morgan fingerprint density at radius 1 is 1.24 bits per heavy atom. The van der Waals surface area contributed by atoms with Crippen LogP contribution >= 0.6 is 0 Å². The van der Waals surface area contributed by atoms with Gasteiger partial charge in [-0.15, -0.1) is 0 Å². The van der Waals surface area contributed by atoms with Crippen LogP contribution in [-0.4, -0.2) is 37.7 Å². The molecule has 1 saturated carbocycles. The van der Waals surface area contributed by atoms with Gasteiger partial charge in [0.15, 0.2) is 0 Å². The Morgan fingerprint density at radius 2 is 2.00 bits per heavy atom. The molecule has 3 N–H and O–H groups in total.